The van der Waals surface area contributed by atoms with Gasteiger partial charge >= 0.3 is 0 Å². The minimum atomic E-state index is 0.0646. The maximum Gasteiger partial charge on any atom is 0.0666 e. The summed E-state index contributed by atoms with van der Waals surface area (Å²) in [5.74, 6) is 0. The van der Waals surface area contributed by atoms with Crippen molar-refractivity contribution < 1.29 is 4.74 Å². The molecule has 1 aromatic heterocycles. The number of rotatable bonds is 6. The first-order valence-corrected chi connectivity index (χ1v) is 6.70. The summed E-state index contributed by atoms with van der Waals surface area (Å²) in [4.78, 5) is 0. The Morgan fingerprint density at radius 3 is 2.53 bits per heavy atom. The molecule has 0 aromatic carbocycles. The van der Waals surface area contributed by atoms with Crippen LogP contribution in [-0.4, -0.2) is 22.5 Å². The van der Waals surface area contributed by atoms with Crippen molar-refractivity contribution in [1.29, 1.82) is 0 Å². The van der Waals surface area contributed by atoms with Gasteiger partial charge in [0.1, 0.15) is 0 Å². The van der Waals surface area contributed by atoms with Crippen molar-refractivity contribution >= 4 is 11.6 Å². The second-order valence-corrected chi connectivity index (χ2v) is 5.13. The molecule has 98 valence electrons. The molecule has 0 saturated carbocycles. The quantitative estimate of drug-likeness (QED) is 0.729. The highest BCUT2D eigenvalue weighted by molar-refractivity contribution is 6.20. The van der Waals surface area contributed by atoms with Gasteiger partial charge in [-0.1, -0.05) is 6.92 Å². The van der Waals surface area contributed by atoms with E-state index in [4.69, 9.17) is 16.3 Å². The third kappa shape index (κ3) is 3.71. The highest BCUT2D eigenvalue weighted by Gasteiger charge is 2.17. The lowest BCUT2D eigenvalue weighted by Crippen LogP contribution is -2.12. The van der Waals surface area contributed by atoms with Gasteiger partial charge in [-0.2, -0.15) is 5.10 Å². The standard InChI is InChI=1S/C13H23ClN2O/c1-6-12(14)13-10(4)15-16(11(13)5)7-8-17-9(2)3/h9,12H,6-8H2,1-5H3. The SMILES string of the molecule is CCC(Cl)c1c(C)nn(CCOC(C)C)c1C. The summed E-state index contributed by atoms with van der Waals surface area (Å²) < 4.78 is 7.54. The van der Waals surface area contributed by atoms with Crippen LogP contribution in [0.3, 0.4) is 0 Å². The second-order valence-electron chi connectivity index (χ2n) is 4.60. The molecule has 1 atom stereocenters. The maximum atomic E-state index is 6.31. The molecule has 0 aliphatic carbocycles. The molecule has 0 N–H and O–H groups in total. The fourth-order valence-corrected chi connectivity index (χ4v) is 2.28. The number of alkyl halides is 1. The fourth-order valence-electron chi connectivity index (χ4n) is 1.96. The molecule has 1 heterocycles. The van der Waals surface area contributed by atoms with E-state index in [-0.39, 0.29) is 11.5 Å². The van der Waals surface area contributed by atoms with E-state index in [1.165, 1.54) is 5.56 Å². The zero-order chi connectivity index (χ0) is 13.0. The first-order valence-electron chi connectivity index (χ1n) is 6.26. The number of hydrogen-bond donors (Lipinski definition) is 0. The average molecular weight is 259 g/mol. The Kier molecular flexibility index (Phi) is 5.47. The van der Waals surface area contributed by atoms with Crippen molar-refractivity contribution in [2.45, 2.75) is 59.1 Å². The van der Waals surface area contributed by atoms with E-state index in [9.17, 15) is 0 Å². The molecule has 0 aliphatic rings. The summed E-state index contributed by atoms with van der Waals surface area (Å²) in [5, 5.41) is 4.59. The zero-order valence-corrected chi connectivity index (χ0v) is 12.2. The predicted molar refractivity (Wildman–Crippen MR) is 71.7 cm³/mol. The first-order chi connectivity index (χ1) is 7.97. The van der Waals surface area contributed by atoms with Gasteiger partial charge in [-0.15, -0.1) is 11.6 Å². The minimum Gasteiger partial charge on any atom is -0.377 e. The van der Waals surface area contributed by atoms with Crippen LogP contribution >= 0.6 is 11.6 Å². The third-order valence-electron chi connectivity index (χ3n) is 2.86. The molecule has 0 radical (unpaired) electrons. The summed E-state index contributed by atoms with van der Waals surface area (Å²) in [7, 11) is 0. The number of aromatic nitrogens is 2. The molecule has 0 fully saturated rings. The summed E-state index contributed by atoms with van der Waals surface area (Å²) in [5.41, 5.74) is 3.38. The van der Waals surface area contributed by atoms with Gasteiger partial charge in [0.05, 0.1) is 30.3 Å². The first kappa shape index (κ1) is 14.5. The Labute approximate surface area is 109 Å². The van der Waals surface area contributed by atoms with Crippen molar-refractivity contribution in [3.8, 4) is 0 Å². The highest BCUT2D eigenvalue weighted by Crippen LogP contribution is 2.29. The van der Waals surface area contributed by atoms with Crippen LogP contribution in [0, 0.1) is 13.8 Å². The Hall–Kier alpha value is -0.540. The molecular weight excluding hydrogens is 236 g/mol. The Morgan fingerprint density at radius 2 is 2.00 bits per heavy atom. The Balaban J connectivity index is 2.74. The van der Waals surface area contributed by atoms with Crippen LogP contribution in [-0.2, 0) is 11.3 Å². The largest absolute Gasteiger partial charge is 0.377 e. The molecule has 17 heavy (non-hydrogen) atoms. The lowest BCUT2D eigenvalue weighted by atomic mass is 10.1. The number of halogens is 1. The molecule has 1 aromatic rings. The van der Waals surface area contributed by atoms with E-state index in [1.54, 1.807) is 0 Å². The van der Waals surface area contributed by atoms with Crippen molar-refractivity contribution in [1.82, 2.24) is 9.78 Å². The van der Waals surface area contributed by atoms with Crippen LogP contribution in [0.5, 0.6) is 0 Å². The van der Waals surface area contributed by atoms with Gasteiger partial charge in [0, 0.05) is 11.3 Å². The van der Waals surface area contributed by atoms with Crippen molar-refractivity contribution in [3.63, 3.8) is 0 Å². The van der Waals surface area contributed by atoms with Crippen molar-refractivity contribution in [3.05, 3.63) is 17.0 Å². The van der Waals surface area contributed by atoms with Gasteiger partial charge in [-0.25, -0.2) is 0 Å². The minimum absolute atomic E-state index is 0.0646. The van der Waals surface area contributed by atoms with Crippen LogP contribution in [0.1, 0.15) is 49.5 Å². The van der Waals surface area contributed by atoms with Crippen LogP contribution in [0.25, 0.3) is 0 Å². The number of nitrogens with zero attached hydrogens (tertiary/aromatic N) is 2. The summed E-state index contributed by atoms with van der Waals surface area (Å²) in [6, 6.07) is 0. The summed E-state index contributed by atoms with van der Waals surface area (Å²) in [6.45, 7) is 11.8. The lowest BCUT2D eigenvalue weighted by Gasteiger charge is -2.10. The Bertz CT molecular complexity index is 361. The van der Waals surface area contributed by atoms with Gasteiger partial charge in [-0.3, -0.25) is 4.68 Å². The molecule has 0 bridgehead atoms. The molecule has 0 spiro atoms. The number of ether oxygens (including phenoxy) is 1. The highest BCUT2D eigenvalue weighted by atomic mass is 35.5. The van der Waals surface area contributed by atoms with Gasteiger partial charge in [0.25, 0.3) is 0 Å². The van der Waals surface area contributed by atoms with Crippen LogP contribution < -0.4 is 0 Å². The lowest BCUT2D eigenvalue weighted by molar-refractivity contribution is 0.0706. The van der Waals surface area contributed by atoms with Gasteiger partial charge < -0.3 is 4.74 Å². The molecule has 0 saturated heterocycles. The molecule has 3 nitrogen and oxygen atoms in total. The van der Waals surface area contributed by atoms with Crippen molar-refractivity contribution in [2.75, 3.05) is 6.61 Å². The Morgan fingerprint density at radius 1 is 1.35 bits per heavy atom. The van der Waals surface area contributed by atoms with E-state index in [1.807, 2.05) is 25.5 Å². The molecule has 4 heteroatoms. The molecular formula is C13H23ClN2O. The van der Waals surface area contributed by atoms with E-state index in [2.05, 4.69) is 18.9 Å². The fraction of sp³-hybridized carbons (Fsp3) is 0.769. The van der Waals surface area contributed by atoms with E-state index in [0.29, 0.717) is 6.61 Å². The molecule has 1 rings (SSSR count). The number of aryl methyl sites for hydroxylation is 1. The average Bonchev–Trinajstić information content (AvgIpc) is 2.53. The molecule has 0 amide bonds. The maximum absolute atomic E-state index is 6.31. The normalized spacial score (nSPS) is 13.4. The summed E-state index contributed by atoms with van der Waals surface area (Å²) in [6.07, 6.45) is 1.19. The third-order valence-corrected chi connectivity index (χ3v) is 3.39. The predicted octanol–water partition coefficient (Wildman–Crippen LogP) is 3.61. The zero-order valence-electron chi connectivity index (χ0n) is 11.5. The van der Waals surface area contributed by atoms with Gasteiger partial charge in [-0.05, 0) is 34.1 Å². The smallest absolute Gasteiger partial charge is 0.0666 e. The van der Waals surface area contributed by atoms with E-state index < -0.39 is 0 Å². The van der Waals surface area contributed by atoms with E-state index in [0.717, 1.165) is 24.4 Å². The van der Waals surface area contributed by atoms with Gasteiger partial charge in [0.2, 0.25) is 0 Å². The summed E-state index contributed by atoms with van der Waals surface area (Å²) >= 11 is 6.31. The number of hydrogen-bond acceptors (Lipinski definition) is 2. The van der Waals surface area contributed by atoms with Gasteiger partial charge in [0.15, 0.2) is 0 Å². The molecule has 0 aliphatic heterocycles. The molecule has 1 unspecified atom stereocenters. The van der Waals surface area contributed by atoms with Crippen LogP contribution in [0.15, 0.2) is 0 Å². The van der Waals surface area contributed by atoms with Crippen molar-refractivity contribution in [2.24, 2.45) is 0 Å². The van der Waals surface area contributed by atoms with Crippen LogP contribution in [0.4, 0.5) is 0 Å². The van der Waals surface area contributed by atoms with E-state index >= 15 is 0 Å². The monoisotopic (exact) mass is 258 g/mol. The second kappa shape index (κ2) is 6.41. The van der Waals surface area contributed by atoms with Crippen LogP contribution in [0.2, 0.25) is 0 Å². The topological polar surface area (TPSA) is 27.1 Å².